The fourth-order valence-corrected chi connectivity index (χ4v) is 4.43. The monoisotopic (exact) mass is 468 g/mol. The number of methoxy groups -OCH3 is 1. The maximum absolute atomic E-state index is 13.7. The Labute approximate surface area is 202 Å². The molecule has 1 N–H and O–H groups in total. The van der Waals surface area contributed by atoms with E-state index in [9.17, 15) is 14.7 Å². The number of amides is 1. The van der Waals surface area contributed by atoms with Crippen LogP contribution < -0.4 is 9.64 Å². The maximum atomic E-state index is 13.7. The van der Waals surface area contributed by atoms with Crippen LogP contribution in [0.15, 0.2) is 88.8 Å². The Balaban J connectivity index is 1.63. The SMILES string of the molecule is COc1cccc2cc(C(=O)C3=C(O)C(=O)N(c4ccc(C(C)C)cc4)C3c3ccncc3)oc12. The number of pyridine rings is 1. The van der Waals surface area contributed by atoms with Crippen molar-refractivity contribution in [3.05, 3.63) is 101 Å². The lowest BCUT2D eigenvalue weighted by Gasteiger charge is -2.27. The number of aliphatic hydroxyl groups excluding tert-OH is 1. The highest BCUT2D eigenvalue weighted by atomic mass is 16.5. The zero-order valence-corrected chi connectivity index (χ0v) is 19.6. The molecule has 0 aliphatic carbocycles. The van der Waals surface area contributed by atoms with Gasteiger partial charge in [0.1, 0.15) is 0 Å². The topological polar surface area (TPSA) is 92.9 Å². The lowest BCUT2D eigenvalue weighted by molar-refractivity contribution is -0.117. The number of carbonyl (C=O) groups excluding carboxylic acids is 2. The molecule has 7 heteroatoms. The van der Waals surface area contributed by atoms with E-state index in [1.807, 2.05) is 24.3 Å². The van der Waals surface area contributed by atoms with Crippen molar-refractivity contribution in [1.82, 2.24) is 4.98 Å². The van der Waals surface area contributed by atoms with Gasteiger partial charge in [-0.25, -0.2) is 0 Å². The summed E-state index contributed by atoms with van der Waals surface area (Å²) in [5.41, 5.74) is 2.70. The second-order valence-corrected chi connectivity index (χ2v) is 8.69. The summed E-state index contributed by atoms with van der Waals surface area (Å²) < 4.78 is 11.2. The van der Waals surface area contributed by atoms with Gasteiger partial charge in [0.2, 0.25) is 5.78 Å². The summed E-state index contributed by atoms with van der Waals surface area (Å²) in [6, 6.07) is 17.1. The molecule has 0 spiro atoms. The summed E-state index contributed by atoms with van der Waals surface area (Å²) >= 11 is 0. The van der Waals surface area contributed by atoms with Crippen LogP contribution in [0, 0.1) is 0 Å². The van der Waals surface area contributed by atoms with Gasteiger partial charge in [-0.15, -0.1) is 0 Å². The summed E-state index contributed by atoms with van der Waals surface area (Å²) in [7, 11) is 1.52. The Morgan fingerprint density at radius 3 is 2.46 bits per heavy atom. The van der Waals surface area contributed by atoms with Crippen molar-refractivity contribution in [3.8, 4) is 5.75 Å². The van der Waals surface area contributed by atoms with Gasteiger partial charge in [0.05, 0.1) is 18.7 Å². The lowest BCUT2D eigenvalue weighted by atomic mass is 9.95. The van der Waals surface area contributed by atoms with Gasteiger partial charge in [-0.05, 0) is 53.4 Å². The Morgan fingerprint density at radius 2 is 1.80 bits per heavy atom. The van der Waals surface area contributed by atoms with Crippen molar-refractivity contribution >= 4 is 28.3 Å². The van der Waals surface area contributed by atoms with Gasteiger partial charge >= 0.3 is 0 Å². The fourth-order valence-electron chi connectivity index (χ4n) is 4.43. The minimum Gasteiger partial charge on any atom is -0.503 e. The van der Waals surface area contributed by atoms with Crippen LogP contribution in [0.3, 0.4) is 0 Å². The Hall–Kier alpha value is -4.39. The van der Waals surface area contributed by atoms with Gasteiger partial charge in [-0.2, -0.15) is 0 Å². The van der Waals surface area contributed by atoms with Crippen LogP contribution in [0.25, 0.3) is 11.0 Å². The number of nitrogens with zero attached hydrogens (tertiary/aromatic N) is 2. The quantitative estimate of drug-likeness (QED) is 0.363. The molecular weight excluding hydrogens is 444 g/mol. The molecule has 0 saturated carbocycles. The number of hydrogen-bond acceptors (Lipinski definition) is 6. The summed E-state index contributed by atoms with van der Waals surface area (Å²) in [6.07, 6.45) is 3.17. The van der Waals surface area contributed by atoms with Crippen LogP contribution in [-0.4, -0.2) is 28.9 Å². The molecule has 35 heavy (non-hydrogen) atoms. The van der Waals surface area contributed by atoms with Crippen LogP contribution in [0.5, 0.6) is 5.75 Å². The Kier molecular flexibility index (Phi) is 5.61. The number of rotatable bonds is 6. The highest BCUT2D eigenvalue weighted by Crippen LogP contribution is 2.42. The second kappa shape index (κ2) is 8.76. The van der Waals surface area contributed by atoms with Gasteiger partial charge in [0.15, 0.2) is 22.9 Å². The van der Waals surface area contributed by atoms with Crippen LogP contribution >= 0.6 is 0 Å². The summed E-state index contributed by atoms with van der Waals surface area (Å²) in [5, 5.41) is 11.6. The van der Waals surface area contributed by atoms with E-state index in [4.69, 9.17) is 9.15 Å². The zero-order valence-electron chi connectivity index (χ0n) is 19.6. The second-order valence-electron chi connectivity index (χ2n) is 8.69. The first-order chi connectivity index (χ1) is 16.9. The average molecular weight is 469 g/mol. The molecule has 1 aliphatic rings. The maximum Gasteiger partial charge on any atom is 0.294 e. The van der Waals surface area contributed by atoms with Crippen molar-refractivity contribution in [3.63, 3.8) is 0 Å². The number of ether oxygens (including phenoxy) is 1. The lowest BCUT2D eigenvalue weighted by Crippen LogP contribution is -2.31. The first-order valence-electron chi connectivity index (χ1n) is 11.3. The minimum absolute atomic E-state index is 0.00918. The highest BCUT2D eigenvalue weighted by Gasteiger charge is 2.45. The summed E-state index contributed by atoms with van der Waals surface area (Å²) in [4.78, 5) is 32.6. The third kappa shape index (κ3) is 3.75. The molecule has 7 nitrogen and oxygen atoms in total. The molecule has 1 atom stereocenters. The van der Waals surface area contributed by atoms with Gasteiger partial charge in [0, 0.05) is 23.5 Å². The smallest absolute Gasteiger partial charge is 0.294 e. The third-order valence-electron chi connectivity index (χ3n) is 6.26. The number of para-hydroxylation sites is 1. The number of fused-ring (bicyclic) bond motifs is 1. The van der Waals surface area contributed by atoms with E-state index in [2.05, 4.69) is 18.8 Å². The molecule has 1 unspecified atom stereocenters. The van der Waals surface area contributed by atoms with Crippen molar-refractivity contribution in [2.45, 2.75) is 25.8 Å². The molecule has 4 aromatic rings. The van der Waals surface area contributed by atoms with E-state index in [0.717, 1.165) is 5.56 Å². The largest absolute Gasteiger partial charge is 0.503 e. The first-order valence-corrected chi connectivity index (χ1v) is 11.3. The molecule has 2 aromatic carbocycles. The van der Waals surface area contributed by atoms with Crippen LogP contribution in [0.2, 0.25) is 0 Å². The van der Waals surface area contributed by atoms with E-state index in [-0.39, 0.29) is 11.3 Å². The number of benzene rings is 2. The van der Waals surface area contributed by atoms with Gasteiger partial charge < -0.3 is 14.3 Å². The molecule has 176 valence electrons. The van der Waals surface area contributed by atoms with Crippen LogP contribution in [-0.2, 0) is 4.79 Å². The van der Waals surface area contributed by atoms with E-state index >= 15 is 0 Å². The molecule has 3 heterocycles. The normalized spacial score (nSPS) is 15.9. The predicted molar refractivity (Wildman–Crippen MR) is 132 cm³/mol. The number of Topliss-reactive ketones (excluding diaryl/α,β-unsaturated/α-hetero) is 1. The standard InChI is InChI=1S/C28H24N2O5/c1-16(2)17-7-9-20(10-8-17)30-24(18-11-13-29-14-12-18)23(26(32)28(30)33)25(31)22-15-19-5-4-6-21(34-3)27(19)35-22/h4-16,24,32H,1-3H3. The van der Waals surface area contributed by atoms with E-state index < -0.39 is 23.5 Å². The molecular formula is C28H24N2O5. The van der Waals surface area contributed by atoms with Crippen molar-refractivity contribution in [2.24, 2.45) is 0 Å². The first kappa shape index (κ1) is 22.4. The zero-order chi connectivity index (χ0) is 24.7. The molecule has 2 aromatic heterocycles. The Bertz CT molecular complexity index is 1450. The van der Waals surface area contributed by atoms with Gasteiger partial charge in [-0.3, -0.25) is 19.5 Å². The average Bonchev–Trinajstić information content (AvgIpc) is 3.43. The van der Waals surface area contributed by atoms with E-state index in [1.54, 1.807) is 48.8 Å². The number of furan rings is 1. The summed E-state index contributed by atoms with van der Waals surface area (Å²) in [5.74, 6) is -1.01. The number of ketones is 1. The number of carbonyl (C=O) groups is 2. The van der Waals surface area contributed by atoms with Crippen molar-refractivity contribution in [2.75, 3.05) is 12.0 Å². The van der Waals surface area contributed by atoms with Gasteiger partial charge in [-0.1, -0.05) is 38.1 Å². The minimum atomic E-state index is -0.849. The fraction of sp³-hybridized carbons (Fsp3) is 0.179. The molecule has 0 bridgehead atoms. The van der Waals surface area contributed by atoms with Gasteiger partial charge in [0.25, 0.3) is 5.91 Å². The molecule has 5 rings (SSSR count). The predicted octanol–water partition coefficient (Wildman–Crippen LogP) is 5.74. The van der Waals surface area contributed by atoms with Crippen molar-refractivity contribution in [1.29, 1.82) is 0 Å². The van der Waals surface area contributed by atoms with Crippen molar-refractivity contribution < 1.29 is 23.8 Å². The third-order valence-corrected chi connectivity index (χ3v) is 6.26. The molecule has 0 saturated heterocycles. The van der Waals surface area contributed by atoms with E-state index in [0.29, 0.717) is 33.9 Å². The highest BCUT2D eigenvalue weighted by molar-refractivity contribution is 6.20. The number of anilines is 1. The molecule has 1 amide bonds. The Morgan fingerprint density at radius 1 is 1.09 bits per heavy atom. The number of hydrogen-bond donors (Lipinski definition) is 1. The molecule has 1 aliphatic heterocycles. The summed E-state index contributed by atoms with van der Waals surface area (Å²) in [6.45, 7) is 4.17. The van der Waals surface area contributed by atoms with Crippen LogP contribution in [0.1, 0.15) is 47.5 Å². The molecule has 0 fully saturated rings. The van der Waals surface area contributed by atoms with Crippen LogP contribution in [0.4, 0.5) is 5.69 Å². The molecule has 0 radical (unpaired) electrons. The number of aliphatic hydroxyl groups is 1. The van der Waals surface area contributed by atoms with E-state index in [1.165, 1.54) is 12.0 Å². The number of aromatic nitrogens is 1.